The Morgan fingerprint density at radius 2 is 2.29 bits per heavy atom. The molecule has 0 unspecified atom stereocenters. The van der Waals surface area contributed by atoms with Crippen molar-refractivity contribution in [3.63, 3.8) is 0 Å². The molecule has 2 aliphatic rings. The minimum atomic E-state index is -0.351. The van der Waals surface area contributed by atoms with Crippen molar-refractivity contribution >= 4 is 11.6 Å². The molecule has 6 nitrogen and oxygen atoms in total. The maximum absolute atomic E-state index is 12.5. The number of aromatic nitrogens is 1. The number of oxime groups is 1. The average Bonchev–Trinajstić information content (AvgIpc) is 2.97. The van der Waals surface area contributed by atoms with Gasteiger partial charge in [0.2, 0.25) is 0 Å². The summed E-state index contributed by atoms with van der Waals surface area (Å²) in [5.41, 5.74) is 1.26. The summed E-state index contributed by atoms with van der Waals surface area (Å²) < 4.78 is 0. The predicted molar refractivity (Wildman–Crippen MR) is 92.5 cm³/mol. The van der Waals surface area contributed by atoms with Crippen LogP contribution in [0.5, 0.6) is 0 Å². The Bertz CT molecular complexity index is 617. The van der Waals surface area contributed by atoms with Gasteiger partial charge in [-0.2, -0.15) is 0 Å². The van der Waals surface area contributed by atoms with Crippen molar-refractivity contribution in [1.29, 1.82) is 0 Å². The van der Waals surface area contributed by atoms with Crippen LogP contribution in [0.1, 0.15) is 38.8 Å². The third kappa shape index (κ3) is 3.59. The lowest BCUT2D eigenvalue weighted by atomic mass is 9.88. The van der Waals surface area contributed by atoms with Crippen molar-refractivity contribution in [2.75, 3.05) is 20.1 Å². The van der Waals surface area contributed by atoms with Crippen molar-refractivity contribution < 1.29 is 9.63 Å². The lowest BCUT2D eigenvalue weighted by Crippen LogP contribution is -2.49. The first-order valence-corrected chi connectivity index (χ1v) is 8.64. The predicted octanol–water partition coefficient (Wildman–Crippen LogP) is 2.06. The molecule has 0 N–H and O–H groups in total. The summed E-state index contributed by atoms with van der Waals surface area (Å²) in [7, 11) is 1.81. The summed E-state index contributed by atoms with van der Waals surface area (Å²) in [5.74, 6) is -0.0243. The Kier molecular flexibility index (Phi) is 4.85. The summed E-state index contributed by atoms with van der Waals surface area (Å²) in [6.45, 7) is 6.62. The maximum atomic E-state index is 12.5. The number of carbonyl (C=O) groups excluding carboxylic acids is 1. The van der Waals surface area contributed by atoms with Gasteiger partial charge in [-0.1, -0.05) is 11.2 Å². The number of hydrogen-bond acceptors (Lipinski definition) is 5. The highest BCUT2D eigenvalue weighted by Crippen LogP contribution is 2.34. The van der Waals surface area contributed by atoms with Crippen molar-refractivity contribution in [2.24, 2.45) is 5.16 Å². The second kappa shape index (κ2) is 6.89. The van der Waals surface area contributed by atoms with Gasteiger partial charge < -0.3 is 9.74 Å². The number of nitrogens with zero attached hydrogens (tertiary/aromatic N) is 4. The van der Waals surface area contributed by atoms with Gasteiger partial charge in [0.1, 0.15) is 5.71 Å². The Labute approximate surface area is 143 Å². The summed E-state index contributed by atoms with van der Waals surface area (Å²) in [6.07, 6.45) is 4.41. The van der Waals surface area contributed by atoms with Gasteiger partial charge in [-0.15, -0.1) is 0 Å². The molecule has 1 amide bonds. The van der Waals surface area contributed by atoms with Crippen LogP contribution in [0.4, 0.5) is 0 Å². The number of piperidine rings is 1. The zero-order chi connectivity index (χ0) is 17.2. The fraction of sp³-hybridized carbons (Fsp3) is 0.611. The quantitative estimate of drug-likeness (QED) is 0.848. The van der Waals surface area contributed by atoms with Gasteiger partial charge in [0, 0.05) is 38.8 Å². The molecule has 3 heterocycles. The van der Waals surface area contributed by atoms with E-state index in [1.54, 1.807) is 4.90 Å². The number of carbonyl (C=O) groups is 1. The molecule has 0 aromatic carbocycles. The van der Waals surface area contributed by atoms with E-state index in [4.69, 9.17) is 4.84 Å². The summed E-state index contributed by atoms with van der Waals surface area (Å²) >= 11 is 0. The summed E-state index contributed by atoms with van der Waals surface area (Å²) in [4.78, 5) is 26.7. The SMILES string of the molecule is CC(C)N(C)C(=O)C1=NO[C@]2(CCCN(Cc3ccccn3)C2)C1. The van der Waals surface area contributed by atoms with E-state index in [-0.39, 0.29) is 17.6 Å². The van der Waals surface area contributed by atoms with Crippen LogP contribution in [0.3, 0.4) is 0 Å². The highest BCUT2D eigenvalue weighted by molar-refractivity contribution is 6.39. The van der Waals surface area contributed by atoms with Crippen molar-refractivity contribution in [3.8, 4) is 0 Å². The van der Waals surface area contributed by atoms with Gasteiger partial charge in [0.25, 0.3) is 5.91 Å². The van der Waals surface area contributed by atoms with Crippen molar-refractivity contribution in [1.82, 2.24) is 14.8 Å². The van der Waals surface area contributed by atoms with E-state index >= 15 is 0 Å². The molecule has 1 aromatic rings. The number of amides is 1. The van der Waals surface area contributed by atoms with Gasteiger partial charge in [-0.3, -0.25) is 14.7 Å². The first-order valence-electron chi connectivity index (χ1n) is 8.64. The van der Waals surface area contributed by atoms with Crippen LogP contribution >= 0.6 is 0 Å². The monoisotopic (exact) mass is 330 g/mol. The fourth-order valence-electron chi connectivity index (χ4n) is 3.34. The number of rotatable bonds is 4. The summed E-state index contributed by atoms with van der Waals surface area (Å²) in [5, 5.41) is 4.14. The smallest absolute Gasteiger partial charge is 0.271 e. The first-order chi connectivity index (χ1) is 11.5. The highest BCUT2D eigenvalue weighted by atomic mass is 16.7. The molecule has 1 fully saturated rings. The first kappa shape index (κ1) is 16.9. The minimum Gasteiger partial charge on any atom is -0.387 e. The molecule has 0 bridgehead atoms. The summed E-state index contributed by atoms with van der Waals surface area (Å²) in [6, 6.07) is 6.14. The third-order valence-corrected chi connectivity index (χ3v) is 4.91. The molecular formula is C18H26N4O2. The largest absolute Gasteiger partial charge is 0.387 e. The average molecular weight is 330 g/mol. The van der Waals surface area contributed by atoms with Gasteiger partial charge in [-0.05, 0) is 45.4 Å². The zero-order valence-electron chi connectivity index (χ0n) is 14.7. The molecular weight excluding hydrogens is 304 g/mol. The van der Waals surface area contributed by atoms with E-state index in [0.29, 0.717) is 12.1 Å². The molecule has 1 atom stereocenters. The van der Waals surface area contributed by atoms with Crippen LogP contribution in [0.15, 0.2) is 29.6 Å². The minimum absolute atomic E-state index is 0.0243. The van der Waals surface area contributed by atoms with E-state index < -0.39 is 0 Å². The lowest BCUT2D eigenvalue weighted by Gasteiger charge is -2.38. The maximum Gasteiger partial charge on any atom is 0.271 e. The molecule has 3 rings (SSSR count). The van der Waals surface area contributed by atoms with Crippen LogP contribution in [0.2, 0.25) is 0 Å². The van der Waals surface area contributed by atoms with Crippen LogP contribution in [0.25, 0.3) is 0 Å². The second-order valence-corrected chi connectivity index (χ2v) is 7.13. The van der Waals surface area contributed by atoms with Crippen LogP contribution < -0.4 is 0 Å². The van der Waals surface area contributed by atoms with Crippen molar-refractivity contribution in [2.45, 2.75) is 51.3 Å². The van der Waals surface area contributed by atoms with E-state index in [9.17, 15) is 4.79 Å². The normalized spacial score (nSPS) is 24.1. The fourth-order valence-corrected chi connectivity index (χ4v) is 3.34. The van der Waals surface area contributed by atoms with E-state index in [0.717, 1.165) is 38.2 Å². The van der Waals surface area contributed by atoms with Gasteiger partial charge in [0.15, 0.2) is 5.60 Å². The van der Waals surface area contributed by atoms with Gasteiger partial charge in [0.05, 0.1) is 5.69 Å². The molecule has 1 aromatic heterocycles. The van der Waals surface area contributed by atoms with Gasteiger partial charge >= 0.3 is 0 Å². The van der Waals surface area contributed by atoms with Crippen LogP contribution in [0, 0.1) is 0 Å². The van der Waals surface area contributed by atoms with E-state index in [2.05, 4.69) is 15.0 Å². The Balaban J connectivity index is 1.62. The molecule has 1 spiro atoms. The number of likely N-dealkylation sites (tertiary alicyclic amines) is 1. The van der Waals surface area contributed by atoms with E-state index in [1.165, 1.54) is 0 Å². The molecule has 2 aliphatic heterocycles. The molecule has 0 radical (unpaired) electrons. The van der Waals surface area contributed by atoms with Crippen LogP contribution in [-0.2, 0) is 16.2 Å². The number of pyridine rings is 1. The third-order valence-electron chi connectivity index (χ3n) is 4.91. The Morgan fingerprint density at radius 1 is 1.46 bits per heavy atom. The van der Waals surface area contributed by atoms with E-state index in [1.807, 2.05) is 45.3 Å². The van der Waals surface area contributed by atoms with Crippen molar-refractivity contribution in [3.05, 3.63) is 30.1 Å². The Morgan fingerprint density at radius 3 is 3.00 bits per heavy atom. The Hall–Kier alpha value is -1.95. The molecule has 1 saturated heterocycles. The lowest BCUT2D eigenvalue weighted by molar-refractivity contribution is -0.124. The molecule has 24 heavy (non-hydrogen) atoms. The number of hydrogen-bond donors (Lipinski definition) is 0. The molecule has 0 saturated carbocycles. The zero-order valence-corrected chi connectivity index (χ0v) is 14.7. The standard InChI is InChI=1S/C18H26N4O2/c1-14(2)21(3)17(23)16-11-18(24-20-16)8-6-10-22(13-18)12-15-7-4-5-9-19-15/h4-5,7,9,14H,6,8,10-13H2,1-3H3/t18-/m1/s1. The topological polar surface area (TPSA) is 58.0 Å². The van der Waals surface area contributed by atoms with Crippen LogP contribution in [-0.4, -0.2) is 58.2 Å². The second-order valence-electron chi connectivity index (χ2n) is 7.13. The molecule has 0 aliphatic carbocycles. The molecule has 6 heteroatoms. The van der Waals surface area contributed by atoms with Gasteiger partial charge in [-0.25, -0.2) is 0 Å². The molecule has 130 valence electrons. The highest BCUT2D eigenvalue weighted by Gasteiger charge is 2.45.